The minimum atomic E-state index is -0.295. The van der Waals surface area contributed by atoms with Crippen molar-refractivity contribution < 1.29 is 9.59 Å². The Bertz CT molecular complexity index is 318. The minimum Gasteiger partial charge on any atom is -0.355 e. The van der Waals surface area contributed by atoms with Crippen molar-refractivity contribution in [1.82, 2.24) is 15.5 Å². The van der Waals surface area contributed by atoms with Gasteiger partial charge >= 0.3 is 0 Å². The predicted molar refractivity (Wildman–Crippen MR) is 69.0 cm³/mol. The third-order valence-corrected chi connectivity index (χ3v) is 4.00. The van der Waals surface area contributed by atoms with Gasteiger partial charge in [0.15, 0.2) is 0 Å². The summed E-state index contributed by atoms with van der Waals surface area (Å²) in [6.07, 6.45) is 3.53. The van der Waals surface area contributed by atoms with E-state index in [2.05, 4.69) is 10.6 Å². The van der Waals surface area contributed by atoms with Crippen LogP contribution in [-0.4, -0.2) is 49.4 Å². The van der Waals surface area contributed by atoms with Crippen LogP contribution in [0.25, 0.3) is 0 Å². The van der Waals surface area contributed by atoms with Crippen LogP contribution in [0.3, 0.4) is 0 Å². The summed E-state index contributed by atoms with van der Waals surface area (Å²) in [6, 6.07) is 0. The Balaban J connectivity index is 1.68. The van der Waals surface area contributed by atoms with Crippen molar-refractivity contribution in [2.45, 2.75) is 32.6 Å². The van der Waals surface area contributed by atoms with Crippen molar-refractivity contribution in [3.63, 3.8) is 0 Å². The first kappa shape index (κ1) is 13.3. The van der Waals surface area contributed by atoms with Gasteiger partial charge in [0.25, 0.3) is 0 Å². The second-order valence-electron chi connectivity index (χ2n) is 5.58. The largest absolute Gasteiger partial charge is 0.355 e. The van der Waals surface area contributed by atoms with Gasteiger partial charge in [-0.15, -0.1) is 0 Å². The molecule has 2 rings (SSSR count). The van der Waals surface area contributed by atoms with Crippen LogP contribution in [0, 0.1) is 5.41 Å². The zero-order valence-corrected chi connectivity index (χ0v) is 11.1. The van der Waals surface area contributed by atoms with Crippen molar-refractivity contribution in [2.75, 3.05) is 32.7 Å². The van der Waals surface area contributed by atoms with Gasteiger partial charge in [-0.05, 0) is 32.7 Å². The number of rotatable bonds is 4. The minimum absolute atomic E-state index is 0.0710. The summed E-state index contributed by atoms with van der Waals surface area (Å²) in [5, 5.41) is 6.09. The molecule has 0 aromatic heterocycles. The highest BCUT2D eigenvalue weighted by Gasteiger charge is 2.35. The van der Waals surface area contributed by atoms with Gasteiger partial charge in [0, 0.05) is 32.6 Å². The average Bonchev–Trinajstić information content (AvgIpc) is 3.00. The van der Waals surface area contributed by atoms with Crippen LogP contribution in [0.5, 0.6) is 0 Å². The lowest BCUT2D eigenvalue weighted by Crippen LogP contribution is -2.42. The maximum Gasteiger partial charge on any atom is 0.227 e. The van der Waals surface area contributed by atoms with Gasteiger partial charge in [0.2, 0.25) is 11.8 Å². The summed E-state index contributed by atoms with van der Waals surface area (Å²) in [5.41, 5.74) is -0.295. The summed E-state index contributed by atoms with van der Waals surface area (Å²) < 4.78 is 0. The van der Waals surface area contributed by atoms with Gasteiger partial charge in [-0.1, -0.05) is 0 Å². The summed E-state index contributed by atoms with van der Waals surface area (Å²) in [6.45, 7) is 5.84. The first-order chi connectivity index (χ1) is 8.62. The maximum absolute atomic E-state index is 12.0. The lowest BCUT2D eigenvalue weighted by Gasteiger charge is -2.22. The van der Waals surface area contributed by atoms with Crippen LogP contribution in [-0.2, 0) is 9.59 Å². The smallest absolute Gasteiger partial charge is 0.227 e. The van der Waals surface area contributed by atoms with Crippen molar-refractivity contribution >= 4 is 11.8 Å². The van der Waals surface area contributed by atoms with Gasteiger partial charge in [-0.2, -0.15) is 0 Å². The van der Waals surface area contributed by atoms with E-state index in [0.717, 1.165) is 45.4 Å². The Morgan fingerprint density at radius 2 is 2.06 bits per heavy atom. The van der Waals surface area contributed by atoms with Crippen LogP contribution in [0.1, 0.15) is 32.6 Å². The molecule has 2 saturated heterocycles. The maximum atomic E-state index is 12.0. The van der Waals surface area contributed by atoms with Crippen LogP contribution >= 0.6 is 0 Å². The molecule has 2 aliphatic heterocycles. The normalized spacial score (nSPS) is 27.5. The lowest BCUT2D eigenvalue weighted by atomic mass is 9.89. The topological polar surface area (TPSA) is 61.4 Å². The quantitative estimate of drug-likeness (QED) is 0.748. The molecule has 5 nitrogen and oxygen atoms in total. The number of amides is 2. The van der Waals surface area contributed by atoms with E-state index in [0.29, 0.717) is 13.0 Å². The predicted octanol–water partition coefficient (Wildman–Crippen LogP) is 0.115. The van der Waals surface area contributed by atoms with E-state index >= 15 is 0 Å². The first-order valence-corrected chi connectivity index (χ1v) is 6.89. The fourth-order valence-corrected chi connectivity index (χ4v) is 2.63. The van der Waals surface area contributed by atoms with Crippen LogP contribution in [0.15, 0.2) is 0 Å². The number of carbonyl (C=O) groups excluding carboxylic acids is 2. The third kappa shape index (κ3) is 3.02. The fraction of sp³-hybridized carbons (Fsp3) is 0.846. The van der Waals surface area contributed by atoms with Crippen LogP contribution < -0.4 is 10.6 Å². The third-order valence-electron chi connectivity index (χ3n) is 4.00. The zero-order chi connectivity index (χ0) is 13.0. The number of hydrogen-bond acceptors (Lipinski definition) is 3. The molecule has 0 radical (unpaired) electrons. The summed E-state index contributed by atoms with van der Waals surface area (Å²) in [4.78, 5) is 25.7. The van der Waals surface area contributed by atoms with E-state index in [1.165, 1.54) is 0 Å². The van der Waals surface area contributed by atoms with Gasteiger partial charge in [-0.25, -0.2) is 0 Å². The van der Waals surface area contributed by atoms with Gasteiger partial charge in [0.1, 0.15) is 0 Å². The lowest BCUT2D eigenvalue weighted by molar-refractivity contribution is -0.131. The number of nitrogens with zero attached hydrogens (tertiary/aromatic N) is 1. The zero-order valence-electron chi connectivity index (χ0n) is 11.1. The summed E-state index contributed by atoms with van der Waals surface area (Å²) >= 11 is 0. The Morgan fingerprint density at radius 1 is 1.33 bits per heavy atom. The van der Waals surface area contributed by atoms with Crippen molar-refractivity contribution in [2.24, 2.45) is 5.41 Å². The molecule has 2 fully saturated rings. The molecular weight excluding hydrogens is 230 g/mol. The monoisotopic (exact) mass is 253 g/mol. The molecule has 2 amide bonds. The highest BCUT2D eigenvalue weighted by atomic mass is 16.2. The molecule has 0 aliphatic carbocycles. The highest BCUT2D eigenvalue weighted by Crippen LogP contribution is 2.24. The molecule has 2 aliphatic rings. The summed E-state index contributed by atoms with van der Waals surface area (Å²) in [5.74, 6) is 0.240. The van der Waals surface area contributed by atoms with E-state index < -0.39 is 0 Å². The SMILES string of the molecule is CC1(C(=O)NCCC(=O)N2CCCC2)CCNC1. The molecule has 2 N–H and O–H groups in total. The Hall–Kier alpha value is -1.10. The molecule has 2 heterocycles. The van der Waals surface area contributed by atoms with Gasteiger partial charge in [-0.3, -0.25) is 9.59 Å². The number of carbonyl (C=O) groups is 2. The van der Waals surface area contributed by atoms with Crippen LogP contribution in [0.2, 0.25) is 0 Å². The Labute approximate surface area is 108 Å². The van der Waals surface area contributed by atoms with Gasteiger partial charge in [0.05, 0.1) is 5.41 Å². The molecule has 1 atom stereocenters. The molecule has 0 aromatic carbocycles. The number of nitrogens with one attached hydrogen (secondary N) is 2. The second kappa shape index (κ2) is 5.69. The molecule has 102 valence electrons. The molecule has 0 saturated carbocycles. The standard InChI is InChI=1S/C13H23N3O2/c1-13(5-7-14-10-13)12(18)15-6-4-11(17)16-8-2-3-9-16/h14H,2-10H2,1H3,(H,15,18). The molecule has 1 unspecified atom stereocenters. The van der Waals surface area contributed by atoms with E-state index in [1.807, 2.05) is 11.8 Å². The second-order valence-corrected chi connectivity index (χ2v) is 5.58. The molecular formula is C13H23N3O2. The Morgan fingerprint density at radius 3 is 2.67 bits per heavy atom. The molecule has 0 spiro atoms. The van der Waals surface area contributed by atoms with Crippen molar-refractivity contribution in [3.05, 3.63) is 0 Å². The molecule has 5 heteroatoms. The molecule has 0 bridgehead atoms. The Kier molecular flexibility index (Phi) is 4.22. The number of likely N-dealkylation sites (tertiary alicyclic amines) is 1. The molecule has 0 aromatic rings. The van der Waals surface area contributed by atoms with Crippen molar-refractivity contribution in [3.8, 4) is 0 Å². The van der Waals surface area contributed by atoms with E-state index in [9.17, 15) is 9.59 Å². The average molecular weight is 253 g/mol. The van der Waals surface area contributed by atoms with E-state index in [1.54, 1.807) is 0 Å². The molecule has 18 heavy (non-hydrogen) atoms. The van der Waals surface area contributed by atoms with Crippen molar-refractivity contribution in [1.29, 1.82) is 0 Å². The number of hydrogen-bond donors (Lipinski definition) is 2. The van der Waals surface area contributed by atoms with E-state index in [4.69, 9.17) is 0 Å². The van der Waals surface area contributed by atoms with Crippen LogP contribution in [0.4, 0.5) is 0 Å². The first-order valence-electron chi connectivity index (χ1n) is 6.89. The summed E-state index contributed by atoms with van der Waals surface area (Å²) in [7, 11) is 0. The van der Waals surface area contributed by atoms with Gasteiger partial charge < -0.3 is 15.5 Å². The highest BCUT2D eigenvalue weighted by molar-refractivity contribution is 5.83. The van der Waals surface area contributed by atoms with E-state index in [-0.39, 0.29) is 17.2 Å². The fourth-order valence-electron chi connectivity index (χ4n) is 2.63.